The molecule has 2 aromatic rings. The summed E-state index contributed by atoms with van der Waals surface area (Å²) in [5.74, 6) is 0.926. The van der Waals surface area contributed by atoms with E-state index in [1.165, 1.54) is 6.92 Å². The SMILES string of the molecule is COc1ccc(CN2C(=O)C(NC(C)=O)C2C=Cc2ccccc2)cc1OC. The van der Waals surface area contributed by atoms with Gasteiger partial charge in [-0.2, -0.15) is 0 Å². The molecule has 1 N–H and O–H groups in total. The van der Waals surface area contributed by atoms with Crippen LogP contribution in [0.4, 0.5) is 0 Å². The lowest BCUT2D eigenvalue weighted by atomic mass is 9.92. The van der Waals surface area contributed by atoms with E-state index in [9.17, 15) is 9.59 Å². The summed E-state index contributed by atoms with van der Waals surface area (Å²) in [7, 11) is 3.16. The van der Waals surface area contributed by atoms with E-state index >= 15 is 0 Å². The number of β-lactam (4-membered cyclic amide) rings is 1. The fourth-order valence-electron chi connectivity index (χ4n) is 3.28. The first kappa shape index (κ1) is 19.5. The Morgan fingerprint density at radius 2 is 1.82 bits per heavy atom. The summed E-state index contributed by atoms with van der Waals surface area (Å²) >= 11 is 0. The third-order valence-corrected chi connectivity index (χ3v) is 4.70. The van der Waals surface area contributed by atoms with Gasteiger partial charge < -0.3 is 19.7 Å². The van der Waals surface area contributed by atoms with E-state index in [0.717, 1.165) is 11.1 Å². The second kappa shape index (κ2) is 8.61. The highest BCUT2D eigenvalue weighted by molar-refractivity contribution is 5.94. The molecule has 2 aromatic carbocycles. The molecule has 2 unspecified atom stereocenters. The van der Waals surface area contributed by atoms with Crippen LogP contribution in [0, 0.1) is 0 Å². The number of likely N-dealkylation sites (tertiary alicyclic amines) is 1. The molecular formula is C22H24N2O4. The van der Waals surface area contributed by atoms with E-state index < -0.39 is 6.04 Å². The molecule has 0 spiro atoms. The topological polar surface area (TPSA) is 67.9 Å². The molecule has 28 heavy (non-hydrogen) atoms. The van der Waals surface area contributed by atoms with Gasteiger partial charge in [-0.05, 0) is 23.3 Å². The van der Waals surface area contributed by atoms with E-state index in [-0.39, 0.29) is 17.9 Å². The van der Waals surface area contributed by atoms with E-state index in [2.05, 4.69) is 5.32 Å². The van der Waals surface area contributed by atoms with Gasteiger partial charge in [-0.25, -0.2) is 0 Å². The Labute approximate surface area is 164 Å². The summed E-state index contributed by atoms with van der Waals surface area (Å²) in [5, 5.41) is 2.75. The number of carbonyl (C=O) groups is 2. The van der Waals surface area contributed by atoms with Gasteiger partial charge in [0.15, 0.2) is 11.5 Å². The lowest BCUT2D eigenvalue weighted by molar-refractivity contribution is -0.151. The molecule has 0 bridgehead atoms. The van der Waals surface area contributed by atoms with Crippen molar-refractivity contribution in [2.24, 2.45) is 0 Å². The summed E-state index contributed by atoms with van der Waals surface area (Å²) in [6.45, 7) is 1.83. The maximum absolute atomic E-state index is 12.6. The van der Waals surface area contributed by atoms with Crippen LogP contribution in [-0.2, 0) is 16.1 Å². The molecule has 2 amide bonds. The third-order valence-electron chi connectivity index (χ3n) is 4.70. The van der Waals surface area contributed by atoms with Crippen molar-refractivity contribution >= 4 is 17.9 Å². The number of ether oxygens (including phenoxy) is 2. The molecule has 6 nitrogen and oxygen atoms in total. The van der Waals surface area contributed by atoms with Crippen molar-refractivity contribution in [2.75, 3.05) is 14.2 Å². The largest absolute Gasteiger partial charge is 0.493 e. The van der Waals surface area contributed by atoms with Gasteiger partial charge in [-0.1, -0.05) is 48.6 Å². The quantitative estimate of drug-likeness (QED) is 0.750. The number of methoxy groups -OCH3 is 2. The molecule has 0 aliphatic carbocycles. The van der Waals surface area contributed by atoms with Gasteiger partial charge in [-0.3, -0.25) is 9.59 Å². The van der Waals surface area contributed by atoms with Crippen LogP contribution in [-0.4, -0.2) is 43.0 Å². The van der Waals surface area contributed by atoms with Gasteiger partial charge in [0.1, 0.15) is 6.04 Å². The van der Waals surface area contributed by atoms with Gasteiger partial charge in [0.25, 0.3) is 0 Å². The molecule has 0 aromatic heterocycles. The highest BCUT2D eigenvalue weighted by Crippen LogP contribution is 2.30. The highest BCUT2D eigenvalue weighted by atomic mass is 16.5. The predicted octanol–water partition coefficient (Wildman–Crippen LogP) is 2.63. The maximum Gasteiger partial charge on any atom is 0.248 e. The van der Waals surface area contributed by atoms with Crippen LogP contribution >= 0.6 is 0 Å². The molecule has 0 saturated carbocycles. The Kier molecular flexibility index (Phi) is 5.99. The Morgan fingerprint density at radius 1 is 1.11 bits per heavy atom. The van der Waals surface area contributed by atoms with Crippen molar-refractivity contribution in [3.05, 3.63) is 65.7 Å². The smallest absolute Gasteiger partial charge is 0.248 e. The van der Waals surface area contributed by atoms with E-state index in [1.54, 1.807) is 19.1 Å². The molecule has 1 saturated heterocycles. The third kappa shape index (κ3) is 4.17. The first-order chi connectivity index (χ1) is 13.5. The lowest BCUT2D eigenvalue weighted by Gasteiger charge is -2.46. The molecule has 1 heterocycles. The van der Waals surface area contributed by atoms with E-state index in [1.807, 2.05) is 60.7 Å². The van der Waals surface area contributed by atoms with Gasteiger partial charge in [0, 0.05) is 13.5 Å². The Bertz CT molecular complexity index is 879. The zero-order valence-corrected chi connectivity index (χ0v) is 16.2. The van der Waals surface area contributed by atoms with Crippen molar-refractivity contribution in [3.63, 3.8) is 0 Å². The van der Waals surface area contributed by atoms with Gasteiger partial charge in [0.05, 0.1) is 20.3 Å². The first-order valence-corrected chi connectivity index (χ1v) is 9.05. The molecule has 146 valence electrons. The molecular weight excluding hydrogens is 356 g/mol. The maximum atomic E-state index is 12.6. The normalized spacial score (nSPS) is 18.7. The van der Waals surface area contributed by atoms with Gasteiger partial charge >= 0.3 is 0 Å². The van der Waals surface area contributed by atoms with Crippen LogP contribution < -0.4 is 14.8 Å². The second-order valence-corrected chi connectivity index (χ2v) is 6.59. The summed E-state index contributed by atoms with van der Waals surface area (Å²) in [6.07, 6.45) is 3.92. The van der Waals surface area contributed by atoms with Crippen molar-refractivity contribution in [2.45, 2.75) is 25.6 Å². The predicted molar refractivity (Wildman–Crippen MR) is 107 cm³/mol. The molecule has 1 fully saturated rings. The monoisotopic (exact) mass is 380 g/mol. The van der Waals surface area contributed by atoms with Crippen LogP contribution in [0.25, 0.3) is 6.08 Å². The number of carbonyl (C=O) groups excluding carboxylic acids is 2. The molecule has 3 rings (SSSR count). The lowest BCUT2D eigenvalue weighted by Crippen LogP contribution is -2.69. The molecule has 2 atom stereocenters. The summed E-state index contributed by atoms with van der Waals surface area (Å²) < 4.78 is 10.6. The molecule has 6 heteroatoms. The van der Waals surface area contributed by atoms with Crippen molar-refractivity contribution in [1.29, 1.82) is 0 Å². The number of hydrogen-bond acceptors (Lipinski definition) is 4. The molecule has 0 radical (unpaired) electrons. The average molecular weight is 380 g/mol. The zero-order chi connectivity index (χ0) is 20.1. The number of benzene rings is 2. The number of hydrogen-bond donors (Lipinski definition) is 1. The summed E-state index contributed by atoms with van der Waals surface area (Å²) in [5.41, 5.74) is 1.96. The standard InChI is InChI=1S/C22H24N2O4/c1-15(25)23-21-18(11-9-16-7-5-4-6-8-16)24(22(21)26)14-17-10-12-19(27-2)20(13-17)28-3/h4-13,18,21H,14H2,1-3H3,(H,23,25). The van der Waals surface area contributed by atoms with Crippen molar-refractivity contribution < 1.29 is 19.1 Å². The fourth-order valence-corrected chi connectivity index (χ4v) is 3.28. The van der Waals surface area contributed by atoms with Gasteiger partial charge in [0.2, 0.25) is 11.8 Å². The Hall–Kier alpha value is -3.28. The number of amides is 2. The summed E-state index contributed by atoms with van der Waals surface area (Å²) in [6, 6.07) is 14.7. The molecule has 1 aliphatic heterocycles. The highest BCUT2D eigenvalue weighted by Gasteiger charge is 2.46. The van der Waals surface area contributed by atoms with Gasteiger partial charge in [-0.15, -0.1) is 0 Å². The molecule has 1 aliphatic rings. The van der Waals surface area contributed by atoms with Crippen molar-refractivity contribution in [1.82, 2.24) is 10.2 Å². The number of nitrogens with one attached hydrogen (secondary N) is 1. The minimum atomic E-state index is -0.544. The Balaban J connectivity index is 1.80. The van der Waals surface area contributed by atoms with Crippen LogP contribution in [0.1, 0.15) is 18.1 Å². The number of rotatable bonds is 7. The Morgan fingerprint density at radius 3 is 2.46 bits per heavy atom. The van der Waals surface area contributed by atoms with Crippen molar-refractivity contribution in [3.8, 4) is 11.5 Å². The minimum Gasteiger partial charge on any atom is -0.493 e. The van der Waals surface area contributed by atoms with Crippen LogP contribution in [0.3, 0.4) is 0 Å². The second-order valence-electron chi connectivity index (χ2n) is 6.59. The average Bonchev–Trinajstić information content (AvgIpc) is 2.72. The van der Waals surface area contributed by atoms with Crippen LogP contribution in [0.2, 0.25) is 0 Å². The van der Waals surface area contributed by atoms with Crippen LogP contribution in [0.5, 0.6) is 11.5 Å². The van der Waals surface area contributed by atoms with Crippen LogP contribution in [0.15, 0.2) is 54.6 Å². The zero-order valence-electron chi connectivity index (χ0n) is 16.2. The number of nitrogens with zero attached hydrogens (tertiary/aromatic N) is 1. The van der Waals surface area contributed by atoms with E-state index in [4.69, 9.17) is 9.47 Å². The van der Waals surface area contributed by atoms with E-state index in [0.29, 0.717) is 18.0 Å². The summed E-state index contributed by atoms with van der Waals surface area (Å²) in [4.78, 5) is 25.9. The first-order valence-electron chi connectivity index (χ1n) is 9.05. The fraction of sp³-hybridized carbons (Fsp3) is 0.273. The minimum absolute atomic E-state index is 0.104.